The Morgan fingerprint density at radius 2 is 0.515 bits per heavy atom. The maximum atomic E-state index is 6.83. The van der Waals surface area contributed by atoms with Gasteiger partial charge in [0.05, 0.1) is 33.4 Å². The quantitative estimate of drug-likeness (QED) is 0.0958. The molecule has 136 heavy (non-hydrogen) atoms. The van der Waals surface area contributed by atoms with Gasteiger partial charge in [-0.25, -0.2) is 0 Å². The van der Waals surface area contributed by atoms with E-state index in [0.29, 0.717) is 0 Å². The van der Waals surface area contributed by atoms with Crippen molar-refractivity contribution in [1.82, 2.24) is 9.13 Å². The van der Waals surface area contributed by atoms with Crippen LogP contribution >= 0.6 is 0 Å². The standard InChI is InChI=1S/C130H89BN4O/c1-130(2,3)102-80-110(89-43-20-9-21-44-89)129(111(81-102)100-52-31-50-95(74-100)93-48-29-46-91(72-93)85-35-12-5-13-36-85)135-122-83-104(133-118-59-26-23-54-108(118)113-76-97(62-69-120(113)133)87-39-16-7-17-40-87)65-67-116(122)131-115-66-64-103(132-117-58-25-22-53-107(117)112-75-96(61-68-119(112)132)86-37-14-6-15-38-86)82-121(115)134(123-78-101(79-124(135)127(123)131)98-63-70-126-114(77-98)109-55-24-27-60-125(109)136-126)128-105(88-41-18-8-19-42-88)56-32-57-106(128)99-51-30-49-94(73-99)92-47-28-45-90(71-92)84-33-10-4-11-34-84/h4-83H,1-3H3. The molecule has 21 aromatic carbocycles. The fourth-order valence-electron chi connectivity index (χ4n) is 21.9. The number of fused-ring (bicyclic) bond motifs is 13. The zero-order chi connectivity index (χ0) is 90.2. The van der Waals surface area contributed by atoms with Crippen molar-refractivity contribution in [2.75, 3.05) is 9.80 Å². The Morgan fingerprint density at radius 3 is 0.978 bits per heavy atom. The lowest BCUT2D eigenvalue weighted by Gasteiger charge is -2.46. The number of furan rings is 1. The highest BCUT2D eigenvalue weighted by molar-refractivity contribution is 7.00. The van der Waals surface area contributed by atoms with Crippen LogP contribution in [0.5, 0.6) is 0 Å². The van der Waals surface area contributed by atoms with Crippen molar-refractivity contribution in [1.29, 1.82) is 0 Å². The van der Waals surface area contributed by atoms with Crippen molar-refractivity contribution < 1.29 is 4.42 Å². The first-order valence-electron chi connectivity index (χ1n) is 47.2. The van der Waals surface area contributed by atoms with Crippen LogP contribution < -0.4 is 26.2 Å². The smallest absolute Gasteiger partial charge is 0.252 e. The van der Waals surface area contributed by atoms with Crippen LogP contribution in [0.1, 0.15) is 26.3 Å². The first-order chi connectivity index (χ1) is 67.1. The summed E-state index contributed by atoms with van der Waals surface area (Å²) in [6.07, 6.45) is 0. The molecule has 0 radical (unpaired) electrons. The molecule has 2 aliphatic heterocycles. The first-order valence-corrected chi connectivity index (χ1v) is 47.2. The van der Waals surface area contributed by atoms with Crippen LogP contribution in [-0.4, -0.2) is 15.8 Å². The minimum atomic E-state index is -0.386. The fourth-order valence-corrected chi connectivity index (χ4v) is 21.9. The lowest BCUT2D eigenvalue weighted by atomic mass is 9.33. The molecule has 2 aliphatic rings. The van der Waals surface area contributed by atoms with E-state index in [2.05, 4.69) is 525 Å². The molecule has 6 heteroatoms. The molecule has 0 bridgehead atoms. The lowest BCUT2D eigenvalue weighted by molar-refractivity contribution is 0.591. The summed E-state index contributed by atoms with van der Waals surface area (Å²) in [6.45, 7) is 6.73. The zero-order valence-corrected chi connectivity index (χ0v) is 75.5. The van der Waals surface area contributed by atoms with E-state index in [0.717, 1.165) is 173 Å². The third-order valence-corrected chi connectivity index (χ3v) is 28.4. The van der Waals surface area contributed by atoms with E-state index in [1.54, 1.807) is 0 Å². The van der Waals surface area contributed by atoms with Crippen molar-refractivity contribution in [3.8, 4) is 134 Å². The Kier molecular flexibility index (Phi) is 18.9. The third-order valence-electron chi connectivity index (χ3n) is 28.4. The van der Waals surface area contributed by atoms with Crippen LogP contribution in [0.25, 0.3) is 199 Å². The summed E-state index contributed by atoms with van der Waals surface area (Å²) >= 11 is 0. The number of hydrogen-bond donors (Lipinski definition) is 0. The molecule has 5 heterocycles. The Labute approximate surface area is 791 Å². The van der Waals surface area contributed by atoms with Gasteiger partial charge in [0, 0.05) is 88.7 Å². The average Bonchev–Trinajstić information content (AvgIpc) is 0.756. The molecule has 0 aliphatic carbocycles. The number of nitrogens with zero attached hydrogens (tertiary/aromatic N) is 4. The fraction of sp³-hybridized carbons (Fsp3) is 0.0308. The van der Waals surface area contributed by atoms with E-state index < -0.39 is 0 Å². The number of hydrogen-bond acceptors (Lipinski definition) is 3. The van der Waals surface area contributed by atoms with Crippen LogP contribution in [-0.2, 0) is 5.41 Å². The van der Waals surface area contributed by atoms with E-state index in [4.69, 9.17) is 4.42 Å². The van der Waals surface area contributed by atoms with Gasteiger partial charge in [-0.15, -0.1) is 0 Å². The number of benzene rings is 21. The van der Waals surface area contributed by atoms with Crippen LogP contribution in [0, 0.1) is 0 Å². The molecule has 24 aromatic rings. The minimum absolute atomic E-state index is 0.314. The zero-order valence-electron chi connectivity index (χ0n) is 75.5. The maximum absolute atomic E-state index is 6.83. The molecule has 3 aromatic heterocycles. The molecule has 0 saturated carbocycles. The van der Waals surface area contributed by atoms with Crippen LogP contribution in [0.4, 0.5) is 34.1 Å². The second-order valence-corrected chi connectivity index (χ2v) is 37.4. The Hall–Kier alpha value is -17.3. The highest BCUT2D eigenvalue weighted by atomic mass is 16.3. The Morgan fingerprint density at radius 1 is 0.199 bits per heavy atom. The molecule has 0 spiro atoms. The van der Waals surface area contributed by atoms with Gasteiger partial charge in [0.15, 0.2) is 0 Å². The summed E-state index contributed by atoms with van der Waals surface area (Å²) < 4.78 is 11.9. The molecule has 0 atom stereocenters. The SMILES string of the molecule is CC(C)(C)c1cc(-c2ccccc2)c(N2c3cc(-n4c5ccccc5c5cc(-c6ccccc6)ccc54)ccc3B3c4ccc(-n5c6ccccc6c6cc(-c7ccccc7)ccc65)cc4N(c4c(-c5ccccc5)cccc4-c4cccc(-c5cccc(-c6ccccc6)c5)c4)c4cc(-c5ccc6oc7ccccc7c6c5)cc2c43)c(-c2cccc(-c3cccc(-c4ccccc4)c3)c2)c1. The second-order valence-electron chi connectivity index (χ2n) is 37.4. The van der Waals surface area contributed by atoms with Gasteiger partial charge in [-0.05, 0) is 255 Å². The van der Waals surface area contributed by atoms with Gasteiger partial charge >= 0.3 is 0 Å². The van der Waals surface area contributed by atoms with Gasteiger partial charge < -0.3 is 23.4 Å². The molecule has 638 valence electrons. The predicted molar refractivity (Wildman–Crippen MR) is 575 cm³/mol. The Bertz CT molecular complexity index is 8890. The van der Waals surface area contributed by atoms with Crippen molar-refractivity contribution in [3.63, 3.8) is 0 Å². The van der Waals surface area contributed by atoms with Crippen molar-refractivity contribution >= 4 is 123 Å². The summed E-state index contributed by atoms with van der Waals surface area (Å²) in [4.78, 5) is 5.47. The van der Waals surface area contributed by atoms with Crippen LogP contribution in [0.2, 0.25) is 0 Å². The molecule has 26 rings (SSSR count). The molecule has 0 N–H and O–H groups in total. The summed E-state index contributed by atoms with van der Waals surface area (Å²) in [5.74, 6) is 0. The highest BCUT2D eigenvalue weighted by Gasteiger charge is 2.46. The van der Waals surface area contributed by atoms with Gasteiger partial charge in [0.1, 0.15) is 11.2 Å². The van der Waals surface area contributed by atoms with Gasteiger partial charge in [0.25, 0.3) is 6.71 Å². The van der Waals surface area contributed by atoms with E-state index in [1.807, 2.05) is 0 Å². The summed E-state index contributed by atoms with van der Waals surface area (Å²) in [5.41, 5.74) is 43.7. The molecular weight excluding hydrogens is 1640 g/mol. The first kappa shape index (κ1) is 79.6. The molecule has 0 amide bonds. The van der Waals surface area contributed by atoms with Crippen molar-refractivity contribution in [3.05, 3.63) is 491 Å². The average molecular weight is 1730 g/mol. The summed E-state index contributed by atoms with van der Waals surface area (Å²) in [6, 6.07) is 182. The second kappa shape index (κ2) is 32.3. The number of rotatable bonds is 15. The van der Waals surface area contributed by atoms with Gasteiger partial charge in [-0.3, -0.25) is 0 Å². The largest absolute Gasteiger partial charge is 0.456 e. The summed E-state index contributed by atoms with van der Waals surface area (Å²) in [7, 11) is 0. The van der Waals surface area contributed by atoms with Crippen LogP contribution in [0.3, 0.4) is 0 Å². The van der Waals surface area contributed by atoms with E-state index >= 15 is 0 Å². The number of aromatic nitrogens is 2. The Balaban J connectivity index is 0.816. The maximum Gasteiger partial charge on any atom is 0.252 e. The molecule has 5 nitrogen and oxygen atoms in total. The van der Waals surface area contributed by atoms with Crippen molar-refractivity contribution in [2.45, 2.75) is 26.2 Å². The predicted octanol–water partition coefficient (Wildman–Crippen LogP) is 33.5. The summed E-state index contributed by atoms with van der Waals surface area (Å²) in [5, 5.41) is 6.85. The van der Waals surface area contributed by atoms with E-state index in [1.165, 1.54) is 82.4 Å². The van der Waals surface area contributed by atoms with Crippen molar-refractivity contribution in [2.24, 2.45) is 0 Å². The normalized spacial score (nSPS) is 12.3. The number of para-hydroxylation sites is 4. The number of anilines is 6. The lowest BCUT2D eigenvalue weighted by Crippen LogP contribution is -2.61. The molecular formula is C130H89BN4O. The highest BCUT2D eigenvalue weighted by Crippen LogP contribution is 2.57. The van der Waals surface area contributed by atoms with Gasteiger partial charge in [0.2, 0.25) is 0 Å². The molecule has 0 fully saturated rings. The third kappa shape index (κ3) is 13.5. The molecule has 0 unspecified atom stereocenters. The monoisotopic (exact) mass is 1730 g/mol. The van der Waals surface area contributed by atoms with Crippen LogP contribution in [0.15, 0.2) is 490 Å². The molecule has 0 saturated heterocycles. The topological polar surface area (TPSA) is 29.5 Å². The van der Waals surface area contributed by atoms with E-state index in [9.17, 15) is 0 Å². The minimum Gasteiger partial charge on any atom is -0.456 e. The van der Waals surface area contributed by atoms with Gasteiger partial charge in [-0.2, -0.15) is 0 Å². The van der Waals surface area contributed by atoms with Gasteiger partial charge in [-0.1, -0.05) is 379 Å². The van der Waals surface area contributed by atoms with E-state index in [-0.39, 0.29) is 12.1 Å².